The Kier molecular flexibility index (Phi) is 57.7. The van der Waals surface area contributed by atoms with Crippen molar-refractivity contribution in [3.8, 4) is 0 Å². The van der Waals surface area contributed by atoms with Crippen molar-refractivity contribution in [2.75, 3.05) is 57.9 Å². The van der Waals surface area contributed by atoms with Gasteiger partial charge in [0.15, 0.2) is 0 Å². The lowest BCUT2D eigenvalue weighted by atomic mass is 9.97. The number of carbonyl (C=O) groups excluding carboxylic acids is 18. The summed E-state index contributed by atoms with van der Waals surface area (Å²) in [4.78, 5) is 263. The first-order valence-electron chi connectivity index (χ1n) is 47.5. The number of nitrogens with two attached hydrogens (primary N) is 6. The number of aliphatic carboxylic acids is 1. The highest BCUT2D eigenvalue weighted by Gasteiger charge is 2.40. The smallest absolute Gasteiger partial charge is 0.328 e. The van der Waals surface area contributed by atoms with E-state index in [1.807, 2.05) is 37.4 Å². The summed E-state index contributed by atoms with van der Waals surface area (Å²) < 4.78 is 0. The minimum absolute atomic E-state index is 0.0283. The number of rotatable bonds is 69. The van der Waals surface area contributed by atoms with Gasteiger partial charge in [0.1, 0.15) is 96.7 Å². The Bertz CT molecular complexity index is 4480. The Morgan fingerprint density at radius 1 is 0.336 bits per heavy atom. The number of amides is 18. The lowest BCUT2D eigenvalue weighted by molar-refractivity contribution is -0.143. The van der Waals surface area contributed by atoms with Gasteiger partial charge in [-0.2, -0.15) is 11.8 Å². The van der Waals surface area contributed by atoms with E-state index in [1.54, 1.807) is 107 Å². The number of nitrogens with one attached hydrogen (secondary N) is 17. The van der Waals surface area contributed by atoms with Crippen molar-refractivity contribution in [2.45, 2.75) is 287 Å². The van der Waals surface area contributed by atoms with E-state index in [9.17, 15) is 106 Å². The Morgan fingerprint density at radius 2 is 0.650 bits per heavy atom. The van der Waals surface area contributed by atoms with Crippen molar-refractivity contribution >= 4 is 124 Å². The number of aliphatic hydroxyl groups is 2. The van der Waals surface area contributed by atoms with Crippen LogP contribution >= 0.6 is 11.8 Å². The van der Waals surface area contributed by atoms with Gasteiger partial charge in [-0.25, -0.2) is 4.79 Å². The van der Waals surface area contributed by atoms with Gasteiger partial charge in [-0.1, -0.05) is 139 Å². The van der Waals surface area contributed by atoms with Crippen LogP contribution in [0.1, 0.15) is 182 Å². The Hall–Kier alpha value is -12.3. The van der Waals surface area contributed by atoms with E-state index >= 15 is 0 Å². The van der Waals surface area contributed by atoms with Crippen molar-refractivity contribution in [2.24, 2.45) is 52.2 Å². The van der Waals surface area contributed by atoms with Crippen LogP contribution in [0.3, 0.4) is 0 Å². The molecule has 3 aromatic rings. The van der Waals surface area contributed by atoms with Gasteiger partial charge in [0.05, 0.1) is 32.2 Å². The minimum atomic E-state index is -1.81. The van der Waals surface area contributed by atoms with E-state index in [-0.39, 0.29) is 115 Å². The molecule has 0 aliphatic rings. The number of hydrogen-bond acceptors (Lipinski definition) is 27. The monoisotopic (exact) mass is 1990 g/mol. The second-order valence-corrected chi connectivity index (χ2v) is 36.3. The van der Waals surface area contributed by atoms with E-state index in [4.69, 9.17) is 34.4 Å². The highest BCUT2D eigenvalue weighted by molar-refractivity contribution is 7.98. The molecule has 0 radical (unpaired) electrons. The summed E-state index contributed by atoms with van der Waals surface area (Å²) in [5.41, 5.74) is 36.9. The molecule has 0 heterocycles. The molecule has 18 amide bonds. The highest BCUT2D eigenvalue weighted by Crippen LogP contribution is 2.17. The molecule has 18 atom stereocenters. The lowest BCUT2D eigenvalue weighted by Crippen LogP contribution is -2.61. The molecular formula is C94H151N23O22S. The second-order valence-electron chi connectivity index (χ2n) is 35.3. The van der Waals surface area contributed by atoms with Gasteiger partial charge in [-0.05, 0) is 190 Å². The number of aliphatic hydroxyl groups excluding tert-OH is 2. The molecule has 0 aliphatic heterocycles. The molecule has 0 bridgehead atoms. The van der Waals surface area contributed by atoms with Gasteiger partial charge < -0.3 is 140 Å². The van der Waals surface area contributed by atoms with Crippen LogP contribution in [0.2, 0.25) is 0 Å². The average molecular weight is 1990 g/mol. The van der Waals surface area contributed by atoms with Crippen LogP contribution in [0.5, 0.6) is 0 Å². The van der Waals surface area contributed by atoms with Crippen LogP contribution in [-0.4, -0.2) is 288 Å². The van der Waals surface area contributed by atoms with Crippen LogP contribution in [0.25, 0.3) is 0 Å². The molecule has 780 valence electrons. The molecule has 0 saturated heterocycles. The number of primary amides is 1. The zero-order valence-corrected chi connectivity index (χ0v) is 82.6. The van der Waals surface area contributed by atoms with E-state index in [0.29, 0.717) is 49.7 Å². The predicted molar refractivity (Wildman–Crippen MR) is 523 cm³/mol. The Labute approximate surface area is 821 Å². The van der Waals surface area contributed by atoms with Gasteiger partial charge in [0.2, 0.25) is 106 Å². The van der Waals surface area contributed by atoms with Gasteiger partial charge >= 0.3 is 5.97 Å². The van der Waals surface area contributed by atoms with E-state index in [0.717, 1.165) is 5.56 Å². The first-order valence-corrected chi connectivity index (χ1v) is 48.9. The Morgan fingerprint density at radius 3 is 1.02 bits per heavy atom. The number of benzene rings is 3. The molecule has 0 unspecified atom stereocenters. The maximum atomic E-state index is 14.8. The first-order chi connectivity index (χ1) is 66.5. The molecule has 140 heavy (non-hydrogen) atoms. The molecule has 3 aromatic carbocycles. The van der Waals surface area contributed by atoms with Crippen molar-refractivity contribution in [1.82, 2.24) is 90.4 Å². The number of carbonyl (C=O) groups is 19. The normalized spacial score (nSPS) is 15.1. The van der Waals surface area contributed by atoms with E-state index in [2.05, 4.69) is 85.1 Å². The molecule has 46 heteroatoms. The van der Waals surface area contributed by atoms with E-state index < -0.39 is 253 Å². The molecule has 0 spiro atoms. The quantitative estimate of drug-likeness (QED) is 0.0235. The van der Waals surface area contributed by atoms with Crippen molar-refractivity contribution in [1.29, 1.82) is 0 Å². The average Bonchev–Trinajstić information content (AvgIpc) is 0.861. The summed E-state index contributed by atoms with van der Waals surface area (Å²) >= 11 is 1.29. The molecule has 32 N–H and O–H groups in total. The zero-order chi connectivity index (χ0) is 105. The fraction of sp³-hybridized carbons (Fsp3) is 0.606. The van der Waals surface area contributed by atoms with Crippen LogP contribution < -0.4 is 125 Å². The third-order valence-electron chi connectivity index (χ3n) is 22.8. The summed E-state index contributed by atoms with van der Waals surface area (Å²) in [7, 11) is 0. The van der Waals surface area contributed by atoms with E-state index in [1.165, 1.54) is 32.5 Å². The number of unbranched alkanes of at least 4 members (excludes halogenated alkanes) is 4. The van der Waals surface area contributed by atoms with Gasteiger partial charge in [0.25, 0.3) is 0 Å². The third kappa shape index (κ3) is 45.7. The number of hydrogen-bond donors (Lipinski definition) is 26. The molecule has 0 fully saturated rings. The van der Waals surface area contributed by atoms with Gasteiger partial charge in [0, 0.05) is 12.8 Å². The number of carboxylic acid groups (broad SMARTS) is 1. The maximum Gasteiger partial charge on any atom is 0.328 e. The van der Waals surface area contributed by atoms with Crippen LogP contribution in [0, 0.1) is 17.8 Å². The fourth-order valence-corrected chi connectivity index (χ4v) is 14.8. The van der Waals surface area contributed by atoms with Gasteiger partial charge in [-0.3, -0.25) is 86.3 Å². The number of carboxylic acids is 1. The standard InChI is InChI=1S/C94H151N23O22S/c1-11-55(6)77(93(137)109-67(39-44-140-10)86(130)113-71(49-74(100)120)89(133)115-73(52-119)94(138)139)116-75(121)50-101-92(136)76(54(4)5)117-90(134)70(48-61-33-19-14-20-34-61)110-80(124)58(9)102-82(126)63(35-21-25-40-95)105-78(122)56(7)103-87(131)69(47-60-31-17-13-18-32-60)112-84(128)65(37-23-27-42-97)107-83(127)64(36-22-26-41-96)106-79(123)57(8)104-91(135)72(51-118)114-85(129)66(38-24-28-43-98)108-88(132)68(45-53(2)3)111-81(125)62(99)46-59-29-15-12-16-30-59/h12-20,29-34,53-58,62-73,76-77,118-119H,11,21-28,35-52,95-99H2,1-10H3,(H2,100,120)(H,101,136)(H,102,126)(H,103,131)(H,104,135)(H,105,122)(H,106,123)(H,107,127)(H,108,132)(H,109,137)(H,110,124)(H,111,125)(H,112,128)(H,113,130)(H,114,129)(H,115,133)(H,116,121)(H,117,134)(H,138,139)/t55-,56-,57-,58-,62-,63-,64-,65-,66-,67-,68-,69-,70-,71-,72-,73-,76-,77-/m0/s1. The molecule has 0 aromatic heterocycles. The topological polar surface area (TPSA) is 746 Å². The van der Waals surface area contributed by atoms with Crippen molar-refractivity contribution < 1.29 is 106 Å². The fourth-order valence-electron chi connectivity index (χ4n) is 14.3. The summed E-state index contributed by atoms with van der Waals surface area (Å²) in [6.45, 7) is 12.1. The summed E-state index contributed by atoms with van der Waals surface area (Å²) in [6.07, 6.45) is 3.81. The molecule has 0 aliphatic carbocycles. The van der Waals surface area contributed by atoms with Crippen LogP contribution in [0.4, 0.5) is 0 Å². The zero-order valence-electron chi connectivity index (χ0n) is 81.8. The summed E-state index contributed by atoms with van der Waals surface area (Å²) in [5.74, 6) is -18.9. The molecular weight excluding hydrogens is 1840 g/mol. The maximum absolute atomic E-state index is 14.8. The van der Waals surface area contributed by atoms with Crippen molar-refractivity contribution in [3.63, 3.8) is 0 Å². The molecule has 45 nitrogen and oxygen atoms in total. The summed E-state index contributed by atoms with van der Waals surface area (Å²) in [6, 6.07) is 1.70. The largest absolute Gasteiger partial charge is 0.480 e. The minimum Gasteiger partial charge on any atom is -0.480 e. The SMILES string of the molecule is CC[C@H](C)[C@H](NC(=O)CNC(=O)[C@@H](NC(=O)[C@H](Cc1ccccc1)NC(=O)[C@H](C)NC(=O)[C@H](CCCCN)NC(=O)[C@H](C)NC(=O)[C@H](Cc1ccccc1)NC(=O)[C@H](CCCCN)NC(=O)[C@H](CCCCN)NC(=O)[C@H](C)NC(=O)[C@H](CO)NC(=O)[C@H](CCCCN)NC(=O)[C@H](CC(C)C)NC(=O)[C@@H](N)Cc1ccccc1)C(C)C)C(=O)N[C@@H](CCSC)C(=O)N[C@@H](CC(N)=O)C(=O)N[C@@H](CO)C(=O)O. The molecule has 3 rings (SSSR count). The number of thioether (sulfide) groups is 1. The van der Waals surface area contributed by atoms with Crippen LogP contribution in [-0.2, 0) is 110 Å². The van der Waals surface area contributed by atoms with Gasteiger partial charge in [-0.15, -0.1) is 0 Å². The Balaban J connectivity index is 1.84. The second kappa shape index (κ2) is 66.3. The van der Waals surface area contributed by atoms with Crippen molar-refractivity contribution in [3.05, 3.63) is 108 Å². The lowest BCUT2D eigenvalue weighted by Gasteiger charge is -2.28. The van der Waals surface area contributed by atoms with Crippen LogP contribution in [0.15, 0.2) is 91.0 Å². The predicted octanol–water partition coefficient (Wildman–Crippen LogP) is -5.06. The third-order valence-corrected chi connectivity index (χ3v) is 23.4. The summed E-state index contributed by atoms with van der Waals surface area (Å²) in [5, 5.41) is 72.9. The highest BCUT2D eigenvalue weighted by atomic mass is 32.2. The first kappa shape index (κ1) is 122. The molecule has 0 saturated carbocycles.